The molecule has 0 fully saturated rings. The largest absolute Gasteiger partial charge is 0.307 e. The Labute approximate surface area is 130 Å². The second-order valence-electron chi connectivity index (χ2n) is 4.63. The normalized spacial score (nSPS) is 9.23. The first-order chi connectivity index (χ1) is 10.9. The summed E-state index contributed by atoms with van der Waals surface area (Å²) in [5.74, 6) is 0. The third-order valence-electron chi connectivity index (χ3n) is 3.34. The molecule has 0 radical (unpaired) electrons. The minimum atomic E-state index is 0.689. The average molecular weight is 285 g/mol. The first-order valence-corrected chi connectivity index (χ1v) is 6.82. The molecule has 0 bridgehead atoms. The number of carbonyl (C=O) groups excluding carboxylic acids is 1. The number of hydrogen-bond donors (Lipinski definition) is 0. The fraction of sp³-hybridized carbons (Fsp3) is 0. The lowest BCUT2D eigenvalue weighted by Gasteiger charge is -2.05. The van der Waals surface area contributed by atoms with Gasteiger partial charge in [0.1, 0.15) is 6.79 Å². The molecule has 0 N–H and O–H groups in total. The topological polar surface area (TPSA) is 40.9 Å². The van der Waals surface area contributed by atoms with Crippen LogP contribution in [0.15, 0.2) is 78.9 Å². The van der Waals surface area contributed by atoms with Gasteiger partial charge in [-0.2, -0.15) is 5.26 Å². The summed E-state index contributed by atoms with van der Waals surface area (Å²) in [7, 11) is 0. The van der Waals surface area contributed by atoms with Crippen LogP contribution >= 0.6 is 0 Å². The number of hydrogen-bond acceptors (Lipinski definition) is 2. The molecule has 0 saturated heterocycles. The summed E-state index contributed by atoms with van der Waals surface area (Å²) in [6.45, 7) is 2.00. The standard InChI is InChI=1S/C19H13N.CH2O/c20-14-15-6-8-17(9-7-15)19-12-10-18(11-13-19)16-4-2-1-3-5-16;1-2/h1-13H;1H2. The molecule has 0 spiro atoms. The minimum Gasteiger partial charge on any atom is -0.307 e. The molecule has 0 aromatic heterocycles. The zero-order valence-corrected chi connectivity index (χ0v) is 12.1. The van der Waals surface area contributed by atoms with Crippen LogP contribution in [0.1, 0.15) is 5.56 Å². The molecule has 0 unspecified atom stereocenters. The Balaban J connectivity index is 0.000000847. The first kappa shape index (κ1) is 15.2. The van der Waals surface area contributed by atoms with Gasteiger partial charge < -0.3 is 4.79 Å². The molecule has 0 amide bonds. The summed E-state index contributed by atoms with van der Waals surface area (Å²) < 4.78 is 0. The van der Waals surface area contributed by atoms with Gasteiger partial charge in [-0.25, -0.2) is 0 Å². The quantitative estimate of drug-likeness (QED) is 0.684. The van der Waals surface area contributed by atoms with Gasteiger partial charge in [0, 0.05) is 0 Å². The van der Waals surface area contributed by atoms with Crippen molar-refractivity contribution in [3.05, 3.63) is 84.4 Å². The van der Waals surface area contributed by atoms with Crippen LogP contribution in [0.2, 0.25) is 0 Å². The monoisotopic (exact) mass is 285 g/mol. The van der Waals surface area contributed by atoms with Crippen LogP contribution in [-0.2, 0) is 4.79 Å². The fourth-order valence-corrected chi connectivity index (χ4v) is 2.22. The van der Waals surface area contributed by atoms with E-state index >= 15 is 0 Å². The lowest BCUT2D eigenvalue weighted by Crippen LogP contribution is -1.81. The first-order valence-electron chi connectivity index (χ1n) is 6.82. The van der Waals surface area contributed by atoms with E-state index in [9.17, 15) is 0 Å². The molecular weight excluding hydrogens is 270 g/mol. The lowest BCUT2D eigenvalue weighted by molar-refractivity contribution is -0.0979. The maximum atomic E-state index is 8.81. The van der Waals surface area contributed by atoms with Crippen LogP contribution in [0, 0.1) is 11.3 Å². The summed E-state index contributed by atoms with van der Waals surface area (Å²) in [6.07, 6.45) is 0. The van der Waals surface area contributed by atoms with Gasteiger partial charge in [0.15, 0.2) is 0 Å². The third-order valence-corrected chi connectivity index (χ3v) is 3.34. The van der Waals surface area contributed by atoms with E-state index in [2.05, 4.69) is 42.5 Å². The van der Waals surface area contributed by atoms with Crippen molar-refractivity contribution < 1.29 is 4.79 Å². The maximum Gasteiger partial charge on any atom is 0.106 e. The Morgan fingerprint density at radius 2 is 0.955 bits per heavy atom. The highest BCUT2D eigenvalue weighted by Crippen LogP contribution is 2.24. The van der Waals surface area contributed by atoms with Crippen molar-refractivity contribution >= 4 is 6.79 Å². The predicted molar refractivity (Wildman–Crippen MR) is 89.2 cm³/mol. The smallest absolute Gasteiger partial charge is 0.106 e. The Bertz CT molecular complexity index is 754. The van der Waals surface area contributed by atoms with Crippen LogP contribution in [0.25, 0.3) is 22.3 Å². The number of carbonyl (C=O) groups is 1. The van der Waals surface area contributed by atoms with Crippen molar-refractivity contribution in [2.45, 2.75) is 0 Å². The highest BCUT2D eigenvalue weighted by atomic mass is 16.1. The molecular formula is C20H15NO. The summed E-state index contributed by atoms with van der Waals surface area (Å²) in [4.78, 5) is 8.00. The number of nitriles is 1. The van der Waals surface area contributed by atoms with Gasteiger partial charge in [0.05, 0.1) is 11.6 Å². The average Bonchev–Trinajstić information content (AvgIpc) is 2.64. The van der Waals surface area contributed by atoms with Gasteiger partial charge in [-0.05, 0) is 34.4 Å². The molecule has 0 saturated carbocycles. The summed E-state index contributed by atoms with van der Waals surface area (Å²) in [6, 6.07) is 28.6. The lowest BCUT2D eigenvalue weighted by atomic mass is 10.00. The van der Waals surface area contributed by atoms with E-state index in [0.29, 0.717) is 5.56 Å². The van der Waals surface area contributed by atoms with E-state index in [1.165, 1.54) is 11.1 Å². The molecule has 2 nitrogen and oxygen atoms in total. The Hall–Kier alpha value is -3.18. The Morgan fingerprint density at radius 3 is 1.36 bits per heavy atom. The van der Waals surface area contributed by atoms with Gasteiger partial charge >= 0.3 is 0 Å². The number of benzene rings is 3. The molecule has 3 aromatic rings. The maximum absolute atomic E-state index is 8.81. The van der Waals surface area contributed by atoms with Crippen LogP contribution in [0.5, 0.6) is 0 Å². The van der Waals surface area contributed by atoms with Crippen molar-refractivity contribution in [1.82, 2.24) is 0 Å². The molecule has 0 heterocycles. The van der Waals surface area contributed by atoms with Crippen LogP contribution < -0.4 is 0 Å². The summed E-state index contributed by atoms with van der Waals surface area (Å²) >= 11 is 0. The fourth-order valence-electron chi connectivity index (χ4n) is 2.22. The SMILES string of the molecule is C=O.N#Cc1ccc(-c2ccc(-c3ccccc3)cc2)cc1. The molecule has 106 valence electrons. The van der Waals surface area contributed by atoms with E-state index < -0.39 is 0 Å². The van der Waals surface area contributed by atoms with Crippen LogP contribution in [0.3, 0.4) is 0 Å². The van der Waals surface area contributed by atoms with Crippen molar-refractivity contribution in [3.63, 3.8) is 0 Å². The zero-order chi connectivity index (χ0) is 15.8. The molecule has 3 aromatic carbocycles. The van der Waals surface area contributed by atoms with E-state index in [1.54, 1.807) is 0 Å². The highest BCUT2D eigenvalue weighted by Gasteiger charge is 2.00. The molecule has 2 heteroatoms. The molecule has 22 heavy (non-hydrogen) atoms. The van der Waals surface area contributed by atoms with Crippen LogP contribution in [0.4, 0.5) is 0 Å². The predicted octanol–water partition coefficient (Wildman–Crippen LogP) is 4.71. The Kier molecular flexibility index (Phi) is 5.23. The van der Waals surface area contributed by atoms with Gasteiger partial charge in [0.25, 0.3) is 0 Å². The third kappa shape index (κ3) is 3.47. The molecule has 0 atom stereocenters. The second kappa shape index (κ2) is 7.56. The van der Waals surface area contributed by atoms with E-state index in [-0.39, 0.29) is 0 Å². The highest BCUT2D eigenvalue weighted by molar-refractivity contribution is 5.70. The van der Waals surface area contributed by atoms with Gasteiger partial charge in [0.2, 0.25) is 0 Å². The van der Waals surface area contributed by atoms with Crippen molar-refractivity contribution in [3.8, 4) is 28.3 Å². The van der Waals surface area contributed by atoms with Gasteiger partial charge in [-0.15, -0.1) is 0 Å². The molecule has 0 aliphatic heterocycles. The van der Waals surface area contributed by atoms with Gasteiger partial charge in [-0.1, -0.05) is 66.7 Å². The van der Waals surface area contributed by atoms with E-state index in [1.807, 2.05) is 49.3 Å². The molecule has 3 rings (SSSR count). The zero-order valence-electron chi connectivity index (χ0n) is 12.1. The van der Waals surface area contributed by atoms with Crippen molar-refractivity contribution in [2.24, 2.45) is 0 Å². The molecule has 0 aliphatic rings. The van der Waals surface area contributed by atoms with Crippen molar-refractivity contribution in [2.75, 3.05) is 0 Å². The van der Waals surface area contributed by atoms with Gasteiger partial charge in [-0.3, -0.25) is 0 Å². The Morgan fingerprint density at radius 1 is 0.591 bits per heavy atom. The summed E-state index contributed by atoms with van der Waals surface area (Å²) in [5.41, 5.74) is 5.41. The van der Waals surface area contributed by atoms with Crippen molar-refractivity contribution in [1.29, 1.82) is 5.26 Å². The van der Waals surface area contributed by atoms with Crippen LogP contribution in [-0.4, -0.2) is 6.79 Å². The number of rotatable bonds is 2. The summed E-state index contributed by atoms with van der Waals surface area (Å²) in [5, 5.41) is 8.81. The molecule has 0 aliphatic carbocycles. The number of nitrogens with zero attached hydrogens (tertiary/aromatic N) is 1. The van der Waals surface area contributed by atoms with E-state index in [0.717, 1.165) is 11.1 Å². The second-order valence-corrected chi connectivity index (χ2v) is 4.63. The van der Waals surface area contributed by atoms with E-state index in [4.69, 9.17) is 10.1 Å². The minimum absolute atomic E-state index is 0.689.